The summed E-state index contributed by atoms with van der Waals surface area (Å²) in [4.78, 5) is 21.8. The van der Waals surface area contributed by atoms with Gasteiger partial charge in [0, 0.05) is 23.9 Å². The van der Waals surface area contributed by atoms with Crippen molar-refractivity contribution in [3.05, 3.63) is 52.3 Å². The molecule has 2 atom stereocenters. The standard InChI is InChI=1S/C23H27ClN4O4S/c1-5-13-10-14(24)12-26-19(13)20(29)27-15-6-7-17-16(11-15)23(4)18(8-9-32-17)33(30,31)22(2,3)21(25)28-23/h6-7,10-12,18H,5,8-9H2,1-4H3,(H2,25,28)(H,27,29)/t18-,23-/m1/s1. The second-order valence-electron chi connectivity index (χ2n) is 9.01. The first-order valence-electron chi connectivity index (χ1n) is 10.7. The number of benzene rings is 1. The van der Waals surface area contributed by atoms with Crippen LogP contribution < -0.4 is 15.8 Å². The lowest BCUT2D eigenvalue weighted by Gasteiger charge is -2.43. The van der Waals surface area contributed by atoms with E-state index in [0.717, 1.165) is 5.56 Å². The molecule has 3 N–H and O–H groups in total. The Hall–Kier alpha value is -2.65. The van der Waals surface area contributed by atoms with Gasteiger partial charge < -0.3 is 15.8 Å². The number of nitrogens with zero attached hydrogens (tertiary/aromatic N) is 2. The van der Waals surface area contributed by atoms with Crippen LogP contribution in [0.25, 0.3) is 0 Å². The fraction of sp³-hybridized carbons (Fsp3) is 0.435. The van der Waals surface area contributed by atoms with Crippen molar-refractivity contribution in [3.8, 4) is 5.75 Å². The zero-order valence-corrected chi connectivity index (χ0v) is 20.5. The maximum Gasteiger partial charge on any atom is 0.274 e. The highest BCUT2D eigenvalue weighted by Gasteiger charge is 2.57. The van der Waals surface area contributed by atoms with Gasteiger partial charge in [-0.2, -0.15) is 0 Å². The molecule has 0 unspecified atom stereocenters. The lowest BCUT2D eigenvalue weighted by molar-refractivity contribution is 0.102. The van der Waals surface area contributed by atoms with Crippen LogP contribution in [-0.4, -0.2) is 41.7 Å². The molecule has 2 aliphatic rings. The summed E-state index contributed by atoms with van der Waals surface area (Å²) in [5.41, 5.74) is 7.05. The van der Waals surface area contributed by atoms with E-state index < -0.39 is 25.4 Å². The number of halogens is 1. The van der Waals surface area contributed by atoms with Crippen molar-refractivity contribution >= 4 is 38.9 Å². The van der Waals surface area contributed by atoms with E-state index in [-0.39, 0.29) is 30.5 Å². The molecule has 10 heteroatoms. The molecule has 176 valence electrons. The number of fused-ring (bicyclic) bond motifs is 3. The fourth-order valence-electron chi connectivity index (χ4n) is 4.48. The number of anilines is 1. The van der Waals surface area contributed by atoms with Crippen LogP contribution in [0.2, 0.25) is 5.02 Å². The van der Waals surface area contributed by atoms with E-state index >= 15 is 0 Å². The molecule has 2 aliphatic heterocycles. The Balaban J connectivity index is 1.78. The van der Waals surface area contributed by atoms with Gasteiger partial charge in [-0.1, -0.05) is 18.5 Å². The van der Waals surface area contributed by atoms with E-state index in [0.29, 0.717) is 28.4 Å². The van der Waals surface area contributed by atoms with Crippen LogP contribution in [0.1, 0.15) is 55.7 Å². The number of aryl methyl sites for hydroxylation is 1. The Kier molecular flexibility index (Phi) is 5.69. The van der Waals surface area contributed by atoms with Gasteiger partial charge >= 0.3 is 0 Å². The van der Waals surface area contributed by atoms with Crippen molar-refractivity contribution in [1.82, 2.24) is 4.98 Å². The number of carbonyl (C=O) groups excluding carboxylic acids is 1. The molecule has 1 amide bonds. The first kappa shape index (κ1) is 23.5. The molecule has 4 rings (SSSR count). The Labute approximate surface area is 198 Å². The van der Waals surface area contributed by atoms with Crippen LogP contribution in [0.3, 0.4) is 0 Å². The largest absolute Gasteiger partial charge is 0.493 e. The SMILES string of the molecule is CCc1cc(Cl)cnc1C(=O)Nc1ccc2c(c1)[C@@]1(C)N=C(N)C(C)(C)S(=O)(=O)[C@@H]1CCO2. The lowest BCUT2D eigenvalue weighted by Crippen LogP contribution is -2.59. The van der Waals surface area contributed by atoms with Gasteiger partial charge in [0.05, 0.1) is 16.9 Å². The number of aromatic nitrogens is 1. The average molecular weight is 491 g/mol. The van der Waals surface area contributed by atoms with E-state index in [1.807, 2.05) is 6.92 Å². The van der Waals surface area contributed by atoms with E-state index in [1.54, 1.807) is 45.0 Å². The maximum atomic E-state index is 13.5. The van der Waals surface area contributed by atoms with Crippen molar-refractivity contribution in [2.75, 3.05) is 11.9 Å². The molecule has 0 aliphatic carbocycles. The Morgan fingerprint density at radius 3 is 2.73 bits per heavy atom. The molecule has 1 aromatic heterocycles. The highest BCUT2D eigenvalue weighted by molar-refractivity contribution is 7.94. The first-order valence-corrected chi connectivity index (χ1v) is 12.7. The van der Waals surface area contributed by atoms with Crippen molar-refractivity contribution < 1.29 is 17.9 Å². The Bertz CT molecular complexity index is 1280. The van der Waals surface area contributed by atoms with Gasteiger partial charge in [-0.25, -0.2) is 13.4 Å². The third kappa shape index (κ3) is 3.67. The highest BCUT2D eigenvalue weighted by atomic mass is 35.5. The minimum Gasteiger partial charge on any atom is -0.493 e. The predicted molar refractivity (Wildman–Crippen MR) is 129 cm³/mol. The lowest BCUT2D eigenvalue weighted by atomic mass is 9.86. The molecule has 0 saturated heterocycles. The van der Waals surface area contributed by atoms with Crippen molar-refractivity contribution in [1.29, 1.82) is 0 Å². The number of carbonyl (C=O) groups is 1. The van der Waals surface area contributed by atoms with Gasteiger partial charge in [-0.05, 0) is 57.0 Å². The smallest absolute Gasteiger partial charge is 0.274 e. The van der Waals surface area contributed by atoms with Crippen LogP contribution in [0, 0.1) is 0 Å². The van der Waals surface area contributed by atoms with Crippen LogP contribution >= 0.6 is 11.6 Å². The van der Waals surface area contributed by atoms with Crippen LogP contribution in [0.4, 0.5) is 5.69 Å². The number of sulfone groups is 1. The second-order valence-corrected chi connectivity index (χ2v) is 12.1. The minimum absolute atomic E-state index is 0.0569. The number of amides is 1. The van der Waals surface area contributed by atoms with Gasteiger partial charge in [0.15, 0.2) is 9.84 Å². The first-order chi connectivity index (χ1) is 15.4. The molecule has 0 radical (unpaired) electrons. The average Bonchev–Trinajstić information content (AvgIpc) is 2.89. The number of nitrogens with one attached hydrogen (secondary N) is 1. The normalized spacial score (nSPS) is 25.0. The summed E-state index contributed by atoms with van der Waals surface area (Å²) in [6.07, 6.45) is 2.30. The van der Waals surface area contributed by atoms with Crippen molar-refractivity contribution in [2.45, 2.75) is 56.1 Å². The highest BCUT2D eigenvalue weighted by Crippen LogP contribution is 2.48. The monoisotopic (exact) mass is 490 g/mol. The molecular formula is C23H27ClN4O4S. The van der Waals surface area contributed by atoms with Crippen molar-refractivity contribution in [3.63, 3.8) is 0 Å². The number of amidine groups is 1. The minimum atomic E-state index is -3.67. The van der Waals surface area contributed by atoms with E-state index in [9.17, 15) is 13.2 Å². The van der Waals surface area contributed by atoms with E-state index in [4.69, 9.17) is 27.1 Å². The number of aliphatic imine (C=N–C) groups is 1. The Morgan fingerprint density at radius 1 is 1.30 bits per heavy atom. The summed E-state index contributed by atoms with van der Waals surface area (Å²) < 4.78 is 31.6. The van der Waals surface area contributed by atoms with Crippen LogP contribution in [0.5, 0.6) is 5.75 Å². The molecule has 3 heterocycles. The summed E-state index contributed by atoms with van der Waals surface area (Å²) >= 11 is 6.01. The topological polar surface area (TPSA) is 124 Å². The Morgan fingerprint density at radius 2 is 2.03 bits per heavy atom. The third-order valence-electron chi connectivity index (χ3n) is 6.63. The van der Waals surface area contributed by atoms with E-state index in [2.05, 4.69) is 10.3 Å². The van der Waals surface area contributed by atoms with Gasteiger partial charge in [-0.15, -0.1) is 0 Å². The zero-order valence-electron chi connectivity index (χ0n) is 19.0. The van der Waals surface area contributed by atoms with Gasteiger partial charge in [0.25, 0.3) is 5.91 Å². The number of nitrogens with two attached hydrogens (primary N) is 1. The predicted octanol–water partition coefficient (Wildman–Crippen LogP) is 3.48. The van der Waals surface area contributed by atoms with Crippen molar-refractivity contribution in [2.24, 2.45) is 10.7 Å². The molecule has 0 bridgehead atoms. The molecule has 0 spiro atoms. The number of pyridine rings is 1. The molecule has 1 aromatic carbocycles. The maximum absolute atomic E-state index is 13.5. The zero-order chi connectivity index (χ0) is 24.2. The second kappa shape index (κ2) is 7.99. The summed E-state index contributed by atoms with van der Waals surface area (Å²) in [5.74, 6) is 0.185. The number of ether oxygens (including phenoxy) is 1. The third-order valence-corrected chi connectivity index (χ3v) is 9.91. The number of rotatable bonds is 3. The van der Waals surface area contributed by atoms with Crippen LogP contribution in [-0.2, 0) is 21.8 Å². The summed E-state index contributed by atoms with van der Waals surface area (Å²) in [6, 6.07) is 6.84. The molecule has 33 heavy (non-hydrogen) atoms. The summed E-state index contributed by atoms with van der Waals surface area (Å²) in [6.45, 7) is 7.06. The molecular weight excluding hydrogens is 464 g/mol. The van der Waals surface area contributed by atoms with Gasteiger partial charge in [-0.3, -0.25) is 9.79 Å². The number of hydrogen-bond acceptors (Lipinski definition) is 7. The fourth-order valence-corrected chi connectivity index (χ4v) is 6.90. The van der Waals surface area contributed by atoms with Crippen LogP contribution in [0.15, 0.2) is 35.5 Å². The summed E-state index contributed by atoms with van der Waals surface area (Å²) in [7, 11) is -3.67. The van der Waals surface area contributed by atoms with E-state index in [1.165, 1.54) is 6.20 Å². The molecule has 2 aromatic rings. The molecule has 0 saturated carbocycles. The quantitative estimate of drug-likeness (QED) is 0.678. The van der Waals surface area contributed by atoms with Gasteiger partial charge in [0.1, 0.15) is 27.6 Å². The number of hydrogen-bond donors (Lipinski definition) is 2. The van der Waals surface area contributed by atoms with Gasteiger partial charge in [0.2, 0.25) is 0 Å². The molecule has 8 nitrogen and oxygen atoms in total. The molecule has 0 fully saturated rings. The summed E-state index contributed by atoms with van der Waals surface area (Å²) in [5, 5.41) is 2.50.